The van der Waals surface area contributed by atoms with Crippen molar-refractivity contribution in [3.8, 4) is 28.8 Å². The summed E-state index contributed by atoms with van der Waals surface area (Å²) in [6.45, 7) is 0.406. The van der Waals surface area contributed by atoms with E-state index < -0.39 is 0 Å². The summed E-state index contributed by atoms with van der Waals surface area (Å²) in [6.07, 6.45) is 1.68. The van der Waals surface area contributed by atoms with Crippen LogP contribution in [0.1, 0.15) is 11.1 Å². The number of methoxy groups -OCH3 is 1. The molecule has 0 unspecified atom stereocenters. The van der Waals surface area contributed by atoms with Crippen LogP contribution in [0.15, 0.2) is 66.9 Å². The lowest BCUT2D eigenvalue weighted by Crippen LogP contribution is -1.98. The van der Waals surface area contributed by atoms with Crippen molar-refractivity contribution < 1.29 is 9.47 Å². The van der Waals surface area contributed by atoms with E-state index in [1.54, 1.807) is 19.4 Å². The van der Waals surface area contributed by atoms with Crippen molar-refractivity contribution in [3.05, 3.63) is 78.0 Å². The van der Waals surface area contributed by atoms with Crippen LogP contribution in [0, 0.1) is 11.3 Å². The maximum Gasteiger partial charge on any atom is 0.221 e. The molecule has 0 aliphatic heterocycles. The summed E-state index contributed by atoms with van der Waals surface area (Å²) in [6, 6.07) is 21.3. The number of rotatable bonds is 5. The van der Waals surface area contributed by atoms with Gasteiger partial charge in [-0.15, -0.1) is 0 Å². The van der Waals surface area contributed by atoms with Crippen LogP contribution in [-0.4, -0.2) is 12.1 Å². The molecule has 4 heteroatoms. The van der Waals surface area contributed by atoms with Gasteiger partial charge < -0.3 is 9.47 Å². The van der Waals surface area contributed by atoms with E-state index in [0.29, 0.717) is 23.8 Å². The van der Waals surface area contributed by atoms with Crippen LogP contribution in [0.4, 0.5) is 0 Å². The van der Waals surface area contributed by atoms with Gasteiger partial charge in [0.25, 0.3) is 0 Å². The monoisotopic (exact) mass is 316 g/mol. The van der Waals surface area contributed by atoms with E-state index in [-0.39, 0.29) is 0 Å². The summed E-state index contributed by atoms with van der Waals surface area (Å²) in [5.41, 5.74) is 3.29. The van der Waals surface area contributed by atoms with Crippen molar-refractivity contribution in [1.82, 2.24) is 4.98 Å². The molecule has 0 aliphatic rings. The molecule has 1 aromatic heterocycles. The molecule has 0 saturated heterocycles. The Morgan fingerprint density at radius 3 is 2.62 bits per heavy atom. The third kappa shape index (κ3) is 3.36. The number of ether oxygens (including phenoxy) is 2. The van der Waals surface area contributed by atoms with E-state index in [9.17, 15) is 5.26 Å². The van der Waals surface area contributed by atoms with Crippen molar-refractivity contribution in [2.24, 2.45) is 0 Å². The first kappa shape index (κ1) is 15.6. The van der Waals surface area contributed by atoms with E-state index >= 15 is 0 Å². The molecule has 118 valence electrons. The zero-order valence-corrected chi connectivity index (χ0v) is 13.3. The molecule has 1 heterocycles. The van der Waals surface area contributed by atoms with Crippen LogP contribution in [-0.2, 0) is 6.61 Å². The van der Waals surface area contributed by atoms with Gasteiger partial charge in [-0.2, -0.15) is 5.26 Å². The van der Waals surface area contributed by atoms with E-state index in [4.69, 9.17) is 9.47 Å². The predicted molar refractivity (Wildman–Crippen MR) is 91.7 cm³/mol. The lowest BCUT2D eigenvalue weighted by atomic mass is 10.0. The number of hydrogen-bond acceptors (Lipinski definition) is 4. The van der Waals surface area contributed by atoms with Gasteiger partial charge in [0.15, 0.2) is 0 Å². The summed E-state index contributed by atoms with van der Waals surface area (Å²) in [5.74, 6) is 1.08. The summed E-state index contributed by atoms with van der Waals surface area (Å²) in [4.78, 5) is 4.21. The van der Waals surface area contributed by atoms with Gasteiger partial charge in [0, 0.05) is 11.8 Å². The summed E-state index contributed by atoms with van der Waals surface area (Å²) in [7, 11) is 1.59. The standard InChI is InChI=1S/C20H16N2O2/c1-23-20-18(8-5-11-22-20)16-9-10-17(13-21)19(12-16)24-14-15-6-3-2-4-7-15/h2-12H,14H2,1H3. The van der Waals surface area contributed by atoms with Crippen molar-refractivity contribution >= 4 is 0 Å². The number of hydrogen-bond donors (Lipinski definition) is 0. The molecule has 4 nitrogen and oxygen atoms in total. The fourth-order valence-electron chi connectivity index (χ4n) is 2.41. The van der Waals surface area contributed by atoms with Crippen LogP contribution in [0.2, 0.25) is 0 Å². The maximum absolute atomic E-state index is 9.31. The van der Waals surface area contributed by atoms with Crippen molar-refractivity contribution in [3.63, 3.8) is 0 Å². The first-order chi connectivity index (χ1) is 11.8. The number of pyridine rings is 1. The van der Waals surface area contributed by atoms with Gasteiger partial charge >= 0.3 is 0 Å². The molecule has 0 fully saturated rings. The first-order valence-corrected chi connectivity index (χ1v) is 7.52. The highest BCUT2D eigenvalue weighted by Gasteiger charge is 2.11. The van der Waals surface area contributed by atoms with Gasteiger partial charge in [-0.1, -0.05) is 36.4 Å². The van der Waals surface area contributed by atoms with Crippen LogP contribution in [0.3, 0.4) is 0 Å². The minimum absolute atomic E-state index is 0.406. The largest absolute Gasteiger partial charge is 0.488 e. The lowest BCUT2D eigenvalue weighted by Gasteiger charge is -2.11. The number of benzene rings is 2. The Hall–Kier alpha value is -3.32. The van der Waals surface area contributed by atoms with Crippen molar-refractivity contribution in [1.29, 1.82) is 5.26 Å². The molecule has 0 bridgehead atoms. The highest BCUT2D eigenvalue weighted by atomic mass is 16.5. The molecule has 0 amide bonds. The molecule has 0 radical (unpaired) electrons. The van der Waals surface area contributed by atoms with Gasteiger partial charge in [0.05, 0.1) is 12.7 Å². The Morgan fingerprint density at radius 2 is 1.88 bits per heavy atom. The first-order valence-electron chi connectivity index (χ1n) is 7.52. The average molecular weight is 316 g/mol. The Bertz CT molecular complexity index is 870. The topological polar surface area (TPSA) is 55.1 Å². The Kier molecular flexibility index (Phi) is 4.73. The van der Waals surface area contributed by atoms with E-state index in [2.05, 4.69) is 11.1 Å². The number of nitriles is 1. The van der Waals surface area contributed by atoms with Crippen molar-refractivity contribution in [2.75, 3.05) is 7.11 Å². The zero-order chi connectivity index (χ0) is 16.8. The third-order valence-electron chi connectivity index (χ3n) is 3.61. The highest BCUT2D eigenvalue weighted by Crippen LogP contribution is 2.32. The smallest absolute Gasteiger partial charge is 0.221 e. The molecule has 3 aromatic rings. The van der Waals surface area contributed by atoms with E-state index in [1.807, 2.05) is 54.6 Å². The minimum atomic E-state index is 0.406. The van der Waals surface area contributed by atoms with E-state index in [0.717, 1.165) is 16.7 Å². The van der Waals surface area contributed by atoms with Crippen LogP contribution >= 0.6 is 0 Å². The lowest BCUT2D eigenvalue weighted by molar-refractivity contribution is 0.305. The quantitative estimate of drug-likeness (QED) is 0.707. The van der Waals surface area contributed by atoms with Gasteiger partial charge in [-0.3, -0.25) is 0 Å². The normalized spacial score (nSPS) is 10.0. The molecule has 24 heavy (non-hydrogen) atoms. The molecule has 0 atom stereocenters. The van der Waals surface area contributed by atoms with Gasteiger partial charge in [-0.05, 0) is 35.4 Å². The molecule has 0 spiro atoms. The third-order valence-corrected chi connectivity index (χ3v) is 3.61. The van der Waals surface area contributed by atoms with Gasteiger partial charge in [0.2, 0.25) is 5.88 Å². The fraction of sp³-hybridized carbons (Fsp3) is 0.100. The molecule has 2 aromatic carbocycles. The Labute approximate surface area is 140 Å². The molecular weight excluding hydrogens is 300 g/mol. The predicted octanol–water partition coefficient (Wildman–Crippen LogP) is 4.21. The molecule has 0 aliphatic carbocycles. The molecule has 0 saturated carbocycles. The fourth-order valence-corrected chi connectivity index (χ4v) is 2.41. The molecular formula is C20H16N2O2. The SMILES string of the molecule is COc1ncccc1-c1ccc(C#N)c(OCc2ccccc2)c1. The summed E-state index contributed by atoms with van der Waals surface area (Å²) < 4.78 is 11.2. The van der Waals surface area contributed by atoms with Gasteiger partial charge in [0.1, 0.15) is 18.4 Å². The maximum atomic E-state index is 9.31. The van der Waals surface area contributed by atoms with Crippen molar-refractivity contribution in [2.45, 2.75) is 6.61 Å². The number of aromatic nitrogens is 1. The zero-order valence-electron chi connectivity index (χ0n) is 13.3. The summed E-state index contributed by atoms with van der Waals surface area (Å²) in [5, 5.41) is 9.31. The van der Waals surface area contributed by atoms with Crippen LogP contribution < -0.4 is 9.47 Å². The summed E-state index contributed by atoms with van der Waals surface area (Å²) >= 11 is 0. The molecule has 3 rings (SSSR count). The second-order valence-corrected chi connectivity index (χ2v) is 5.16. The molecule has 0 N–H and O–H groups in total. The second kappa shape index (κ2) is 7.30. The Morgan fingerprint density at radius 1 is 1.04 bits per heavy atom. The van der Waals surface area contributed by atoms with E-state index in [1.165, 1.54) is 0 Å². The van der Waals surface area contributed by atoms with Crippen LogP contribution in [0.5, 0.6) is 11.6 Å². The van der Waals surface area contributed by atoms with Crippen LogP contribution in [0.25, 0.3) is 11.1 Å². The van der Waals surface area contributed by atoms with Gasteiger partial charge in [-0.25, -0.2) is 4.98 Å². The minimum Gasteiger partial charge on any atom is -0.488 e. The number of nitrogens with zero attached hydrogens (tertiary/aromatic N) is 2. The Balaban J connectivity index is 1.92. The average Bonchev–Trinajstić information content (AvgIpc) is 2.67. The second-order valence-electron chi connectivity index (χ2n) is 5.16. The highest BCUT2D eigenvalue weighted by molar-refractivity contribution is 5.71.